The highest BCUT2D eigenvalue weighted by molar-refractivity contribution is 7.99. The average Bonchev–Trinajstić information content (AvgIpc) is 2.37. The maximum Gasteiger partial charge on any atom is 0.242 e. The highest BCUT2D eigenvalue weighted by Gasteiger charge is 2.17. The second-order valence-electron chi connectivity index (χ2n) is 4.63. The lowest BCUT2D eigenvalue weighted by molar-refractivity contribution is 0.520. The normalized spacial score (nSPS) is 13.7. The molecular formula is C13H22N2O2S2. The van der Waals surface area contributed by atoms with Gasteiger partial charge in [-0.15, -0.1) is 0 Å². The number of nitrogens with two attached hydrogens (primary N) is 1. The molecule has 1 aromatic carbocycles. The Morgan fingerprint density at radius 2 is 2.05 bits per heavy atom. The van der Waals surface area contributed by atoms with Gasteiger partial charge in [0.2, 0.25) is 10.0 Å². The predicted molar refractivity (Wildman–Crippen MR) is 81.7 cm³/mol. The number of sulfonamides is 1. The van der Waals surface area contributed by atoms with Gasteiger partial charge in [0.05, 0.1) is 4.90 Å². The number of rotatable bonds is 7. The van der Waals surface area contributed by atoms with Gasteiger partial charge in [-0.25, -0.2) is 12.7 Å². The summed E-state index contributed by atoms with van der Waals surface area (Å²) >= 11 is 1.79. The van der Waals surface area contributed by atoms with Gasteiger partial charge in [-0.2, -0.15) is 11.8 Å². The number of nitrogens with zero attached hydrogens (tertiary/aromatic N) is 1. The molecule has 1 unspecified atom stereocenters. The fraction of sp³-hybridized carbons (Fsp3) is 0.538. The van der Waals surface area contributed by atoms with Gasteiger partial charge in [-0.3, -0.25) is 0 Å². The Labute approximate surface area is 120 Å². The average molecular weight is 302 g/mol. The highest BCUT2D eigenvalue weighted by Crippen LogP contribution is 2.22. The Morgan fingerprint density at radius 1 is 1.37 bits per heavy atom. The minimum absolute atomic E-state index is 0.349. The molecule has 108 valence electrons. The van der Waals surface area contributed by atoms with E-state index < -0.39 is 10.0 Å². The summed E-state index contributed by atoms with van der Waals surface area (Å²) in [5, 5.41) is 0.485. The summed E-state index contributed by atoms with van der Waals surface area (Å²) in [6.45, 7) is 2.82. The van der Waals surface area contributed by atoms with Gasteiger partial charge in [-0.1, -0.05) is 19.1 Å². The van der Waals surface area contributed by atoms with Gasteiger partial charge in [0.25, 0.3) is 0 Å². The van der Waals surface area contributed by atoms with Crippen LogP contribution in [0.15, 0.2) is 29.2 Å². The van der Waals surface area contributed by atoms with Crippen LogP contribution in [0.3, 0.4) is 0 Å². The SMILES string of the molecule is CC(CCN)SCc1cccc(S(=O)(=O)N(C)C)c1. The molecule has 0 saturated heterocycles. The standard InChI is InChI=1S/C13H22N2O2S2/c1-11(7-8-14)18-10-12-5-4-6-13(9-12)19(16,17)15(2)3/h4-6,9,11H,7-8,10,14H2,1-3H3. The fourth-order valence-electron chi connectivity index (χ4n) is 1.56. The van der Waals surface area contributed by atoms with E-state index in [0.29, 0.717) is 16.7 Å². The van der Waals surface area contributed by atoms with Crippen LogP contribution in [-0.4, -0.2) is 38.6 Å². The zero-order valence-corrected chi connectivity index (χ0v) is 13.3. The lowest BCUT2D eigenvalue weighted by Gasteiger charge is -2.13. The third-order valence-corrected chi connectivity index (χ3v) is 5.90. The molecule has 4 nitrogen and oxygen atoms in total. The fourth-order valence-corrected chi connectivity index (χ4v) is 3.49. The first kappa shape index (κ1) is 16.5. The number of hydrogen-bond acceptors (Lipinski definition) is 4. The summed E-state index contributed by atoms with van der Waals surface area (Å²) in [5.74, 6) is 0.804. The van der Waals surface area contributed by atoms with E-state index in [1.165, 1.54) is 4.31 Å². The highest BCUT2D eigenvalue weighted by atomic mass is 32.2. The van der Waals surface area contributed by atoms with E-state index >= 15 is 0 Å². The van der Waals surface area contributed by atoms with Gasteiger partial charge < -0.3 is 5.73 Å². The number of hydrogen-bond donors (Lipinski definition) is 1. The lowest BCUT2D eigenvalue weighted by Crippen LogP contribution is -2.22. The van der Waals surface area contributed by atoms with Crippen LogP contribution in [-0.2, 0) is 15.8 Å². The monoisotopic (exact) mass is 302 g/mol. The first-order valence-electron chi connectivity index (χ1n) is 6.21. The Kier molecular flexibility index (Phi) is 6.32. The Hall–Kier alpha value is -0.560. The molecule has 0 aromatic heterocycles. The molecule has 2 N–H and O–H groups in total. The molecule has 0 heterocycles. The molecule has 0 amide bonds. The van der Waals surface area contributed by atoms with Gasteiger partial charge in [0.1, 0.15) is 0 Å². The molecule has 0 saturated carbocycles. The van der Waals surface area contributed by atoms with Gasteiger partial charge in [0.15, 0.2) is 0 Å². The Balaban J connectivity index is 2.78. The third-order valence-electron chi connectivity index (χ3n) is 2.78. The van der Waals surface area contributed by atoms with E-state index in [1.807, 2.05) is 6.07 Å². The summed E-state index contributed by atoms with van der Waals surface area (Å²) in [7, 11) is -0.261. The van der Waals surface area contributed by atoms with Crippen LogP contribution in [0.2, 0.25) is 0 Å². The van der Waals surface area contributed by atoms with E-state index in [0.717, 1.165) is 17.7 Å². The zero-order chi connectivity index (χ0) is 14.5. The first-order chi connectivity index (χ1) is 8.87. The molecule has 19 heavy (non-hydrogen) atoms. The Bertz CT molecular complexity index is 501. The smallest absolute Gasteiger partial charge is 0.242 e. The topological polar surface area (TPSA) is 63.4 Å². The van der Waals surface area contributed by atoms with E-state index in [2.05, 4.69) is 6.92 Å². The van der Waals surface area contributed by atoms with Crippen molar-refractivity contribution in [3.63, 3.8) is 0 Å². The van der Waals surface area contributed by atoms with Crippen LogP contribution in [0.1, 0.15) is 18.9 Å². The van der Waals surface area contributed by atoms with Crippen molar-refractivity contribution < 1.29 is 8.42 Å². The first-order valence-corrected chi connectivity index (χ1v) is 8.70. The van der Waals surface area contributed by atoms with Gasteiger partial charge >= 0.3 is 0 Å². The predicted octanol–water partition coefficient (Wildman–Crippen LogP) is 1.91. The maximum absolute atomic E-state index is 12.0. The second kappa shape index (κ2) is 7.28. The maximum atomic E-state index is 12.0. The number of thioether (sulfide) groups is 1. The van der Waals surface area contributed by atoms with E-state index in [4.69, 9.17) is 5.73 Å². The number of benzene rings is 1. The molecule has 1 rings (SSSR count). The summed E-state index contributed by atoms with van der Waals surface area (Å²) in [6, 6.07) is 7.13. The van der Waals surface area contributed by atoms with Crippen LogP contribution in [0.4, 0.5) is 0 Å². The van der Waals surface area contributed by atoms with Gasteiger partial charge in [-0.05, 0) is 30.7 Å². The summed E-state index contributed by atoms with van der Waals surface area (Å²) in [4.78, 5) is 0.349. The van der Waals surface area contributed by atoms with Crippen LogP contribution < -0.4 is 5.73 Å². The van der Waals surface area contributed by atoms with Crippen molar-refractivity contribution in [3.05, 3.63) is 29.8 Å². The minimum Gasteiger partial charge on any atom is -0.330 e. The van der Waals surface area contributed by atoms with Crippen molar-refractivity contribution >= 4 is 21.8 Å². The van der Waals surface area contributed by atoms with Crippen LogP contribution >= 0.6 is 11.8 Å². The molecule has 1 aromatic rings. The van der Waals surface area contributed by atoms with Crippen LogP contribution in [0.25, 0.3) is 0 Å². The Morgan fingerprint density at radius 3 is 2.63 bits per heavy atom. The molecule has 0 aliphatic rings. The van der Waals surface area contributed by atoms with Crippen molar-refractivity contribution in [2.75, 3.05) is 20.6 Å². The molecule has 0 fully saturated rings. The summed E-state index contributed by atoms with van der Waals surface area (Å²) in [6.07, 6.45) is 0.973. The molecule has 0 radical (unpaired) electrons. The minimum atomic E-state index is -3.34. The molecule has 0 aliphatic carbocycles. The molecular weight excluding hydrogens is 280 g/mol. The van der Waals surface area contributed by atoms with Crippen molar-refractivity contribution in [3.8, 4) is 0 Å². The van der Waals surface area contributed by atoms with E-state index in [-0.39, 0.29) is 0 Å². The quantitative estimate of drug-likeness (QED) is 0.835. The molecule has 6 heteroatoms. The zero-order valence-electron chi connectivity index (χ0n) is 11.7. The summed E-state index contributed by atoms with van der Waals surface area (Å²) < 4.78 is 25.3. The second-order valence-corrected chi connectivity index (χ2v) is 8.21. The molecule has 1 atom stereocenters. The van der Waals surface area contributed by atoms with E-state index in [1.54, 1.807) is 44.1 Å². The van der Waals surface area contributed by atoms with Gasteiger partial charge in [0, 0.05) is 25.1 Å². The van der Waals surface area contributed by atoms with E-state index in [9.17, 15) is 8.42 Å². The van der Waals surface area contributed by atoms with Crippen LogP contribution in [0, 0.1) is 0 Å². The van der Waals surface area contributed by atoms with Crippen molar-refractivity contribution in [2.24, 2.45) is 5.73 Å². The lowest BCUT2D eigenvalue weighted by atomic mass is 10.2. The van der Waals surface area contributed by atoms with Crippen LogP contribution in [0.5, 0.6) is 0 Å². The molecule has 0 bridgehead atoms. The molecule has 0 spiro atoms. The molecule has 0 aliphatic heterocycles. The summed E-state index contributed by atoms with van der Waals surface area (Å²) in [5.41, 5.74) is 6.54. The van der Waals surface area contributed by atoms with Crippen molar-refractivity contribution in [1.29, 1.82) is 0 Å². The van der Waals surface area contributed by atoms with Crippen molar-refractivity contribution in [1.82, 2.24) is 4.31 Å². The largest absolute Gasteiger partial charge is 0.330 e. The van der Waals surface area contributed by atoms with Crippen molar-refractivity contribution in [2.45, 2.75) is 29.2 Å². The third kappa shape index (κ3) is 4.80.